The molecule has 1 aliphatic heterocycles. The van der Waals surface area contributed by atoms with Crippen LogP contribution in [0.1, 0.15) is 27.2 Å². The smallest absolute Gasteiger partial charge is 0.248 e. The maximum atomic E-state index is 12.5. The highest BCUT2D eigenvalue weighted by Gasteiger charge is 2.35. The second-order valence-electron chi connectivity index (χ2n) is 6.61. The first kappa shape index (κ1) is 17.6. The number of carbonyl (C=O) groups excluding carboxylic acids is 2. The van der Waals surface area contributed by atoms with Gasteiger partial charge < -0.3 is 10.2 Å². The number of thioether (sulfide) groups is 1. The van der Waals surface area contributed by atoms with Crippen LogP contribution in [-0.4, -0.2) is 34.4 Å². The van der Waals surface area contributed by atoms with E-state index in [9.17, 15) is 9.59 Å². The minimum atomic E-state index is -0.376. The Bertz CT molecular complexity index is 554. The molecule has 4 nitrogen and oxygen atoms in total. The first-order valence-electron chi connectivity index (χ1n) is 7.20. The summed E-state index contributed by atoms with van der Waals surface area (Å²) in [6.45, 7) is 6.11. The molecule has 1 aromatic rings. The molecular weight excluding hydrogens is 411 g/mol. The van der Waals surface area contributed by atoms with E-state index < -0.39 is 0 Å². The molecule has 1 heterocycles. The van der Waals surface area contributed by atoms with E-state index in [0.717, 1.165) is 9.26 Å². The summed E-state index contributed by atoms with van der Waals surface area (Å²) in [5, 5.41) is 2.91. The van der Waals surface area contributed by atoms with E-state index in [2.05, 4.69) is 27.9 Å². The summed E-state index contributed by atoms with van der Waals surface area (Å²) in [5.41, 5.74) is 0.701. The lowest BCUT2D eigenvalue weighted by molar-refractivity contribution is -0.137. The Balaban J connectivity index is 2.01. The number of amides is 2. The summed E-state index contributed by atoms with van der Waals surface area (Å²) >= 11 is 3.85. The zero-order valence-corrected chi connectivity index (χ0v) is 16.0. The Morgan fingerprint density at radius 3 is 2.55 bits per heavy atom. The van der Waals surface area contributed by atoms with Crippen LogP contribution in [-0.2, 0) is 9.59 Å². The Labute approximate surface area is 149 Å². The van der Waals surface area contributed by atoms with Gasteiger partial charge in [0.15, 0.2) is 0 Å². The summed E-state index contributed by atoms with van der Waals surface area (Å²) in [6, 6.07) is 7.27. The van der Waals surface area contributed by atoms with Crippen molar-refractivity contribution in [3.05, 3.63) is 27.8 Å². The standard InChI is InChI=1S/C16H21IN2O2S/c1-16(2,3)8-14(20)19-10-22-9-13(19)15(21)18-12-6-4-11(17)5-7-12/h4-7,13H,8-10H2,1-3H3,(H,18,21). The first-order valence-corrected chi connectivity index (χ1v) is 9.43. The molecule has 1 saturated heterocycles. The lowest BCUT2D eigenvalue weighted by Crippen LogP contribution is -2.45. The number of nitrogens with one attached hydrogen (secondary N) is 1. The Morgan fingerprint density at radius 1 is 1.32 bits per heavy atom. The molecule has 1 unspecified atom stereocenters. The van der Waals surface area contributed by atoms with Crippen molar-refractivity contribution in [2.24, 2.45) is 5.41 Å². The highest BCUT2D eigenvalue weighted by molar-refractivity contribution is 14.1. The zero-order valence-electron chi connectivity index (χ0n) is 13.1. The molecule has 1 atom stereocenters. The molecule has 0 saturated carbocycles. The van der Waals surface area contributed by atoms with Crippen LogP contribution in [0, 0.1) is 8.99 Å². The van der Waals surface area contributed by atoms with E-state index in [1.54, 1.807) is 16.7 Å². The van der Waals surface area contributed by atoms with Crippen LogP contribution >= 0.6 is 34.4 Å². The lowest BCUT2D eigenvalue weighted by Gasteiger charge is -2.26. The summed E-state index contributed by atoms with van der Waals surface area (Å²) in [4.78, 5) is 26.6. The molecule has 1 aromatic carbocycles. The molecule has 0 aromatic heterocycles. The van der Waals surface area contributed by atoms with E-state index in [1.807, 2.05) is 45.0 Å². The van der Waals surface area contributed by atoms with E-state index in [4.69, 9.17) is 0 Å². The van der Waals surface area contributed by atoms with Crippen LogP contribution < -0.4 is 5.32 Å². The molecule has 2 amide bonds. The summed E-state index contributed by atoms with van der Waals surface area (Å²) in [7, 11) is 0. The number of rotatable bonds is 3. The number of hydrogen-bond acceptors (Lipinski definition) is 3. The number of anilines is 1. The summed E-state index contributed by atoms with van der Waals surface area (Å²) in [5.74, 6) is 1.21. The number of carbonyl (C=O) groups is 2. The second kappa shape index (κ2) is 7.21. The molecule has 1 N–H and O–H groups in total. The average Bonchev–Trinajstić information content (AvgIpc) is 2.89. The number of hydrogen-bond donors (Lipinski definition) is 1. The molecule has 120 valence electrons. The molecule has 1 aliphatic rings. The highest BCUT2D eigenvalue weighted by Crippen LogP contribution is 2.27. The van der Waals surface area contributed by atoms with Gasteiger partial charge in [-0.3, -0.25) is 9.59 Å². The molecule has 0 spiro atoms. The minimum Gasteiger partial charge on any atom is -0.324 e. The zero-order chi connectivity index (χ0) is 16.3. The van der Waals surface area contributed by atoms with Gasteiger partial charge in [0.2, 0.25) is 11.8 Å². The van der Waals surface area contributed by atoms with Crippen molar-refractivity contribution in [2.45, 2.75) is 33.2 Å². The molecule has 2 rings (SSSR count). The largest absolute Gasteiger partial charge is 0.324 e. The first-order chi connectivity index (χ1) is 10.3. The Hall–Kier alpha value is -0.760. The number of halogens is 1. The van der Waals surface area contributed by atoms with Crippen LogP contribution in [0.15, 0.2) is 24.3 Å². The normalized spacial score (nSPS) is 18.4. The fourth-order valence-corrected chi connectivity index (χ4v) is 3.76. The SMILES string of the molecule is CC(C)(C)CC(=O)N1CSCC1C(=O)Nc1ccc(I)cc1. The van der Waals surface area contributed by atoms with Gasteiger partial charge in [-0.2, -0.15) is 0 Å². The van der Waals surface area contributed by atoms with Crippen molar-refractivity contribution in [1.29, 1.82) is 0 Å². The van der Waals surface area contributed by atoms with Crippen LogP contribution in [0.4, 0.5) is 5.69 Å². The maximum absolute atomic E-state index is 12.5. The van der Waals surface area contributed by atoms with Gasteiger partial charge in [-0.25, -0.2) is 0 Å². The molecule has 0 aliphatic carbocycles. The van der Waals surface area contributed by atoms with Gasteiger partial charge in [-0.05, 0) is 52.3 Å². The topological polar surface area (TPSA) is 49.4 Å². The third-order valence-corrected chi connectivity index (χ3v) is 5.03. The Morgan fingerprint density at radius 2 is 1.95 bits per heavy atom. The summed E-state index contributed by atoms with van der Waals surface area (Å²) in [6.07, 6.45) is 0.459. The van der Waals surface area contributed by atoms with Crippen molar-refractivity contribution in [3.63, 3.8) is 0 Å². The van der Waals surface area contributed by atoms with Gasteiger partial charge in [0.1, 0.15) is 6.04 Å². The third-order valence-electron chi connectivity index (χ3n) is 3.30. The van der Waals surface area contributed by atoms with Crippen molar-refractivity contribution < 1.29 is 9.59 Å². The predicted molar refractivity (Wildman–Crippen MR) is 99.8 cm³/mol. The third kappa shape index (κ3) is 4.87. The van der Waals surface area contributed by atoms with Gasteiger partial charge in [0.25, 0.3) is 0 Å². The lowest BCUT2D eigenvalue weighted by atomic mass is 9.91. The second-order valence-corrected chi connectivity index (χ2v) is 8.86. The van der Waals surface area contributed by atoms with Crippen molar-refractivity contribution in [2.75, 3.05) is 16.9 Å². The predicted octanol–water partition coefficient (Wildman–Crippen LogP) is 3.57. The van der Waals surface area contributed by atoms with Gasteiger partial charge in [0.05, 0.1) is 5.88 Å². The van der Waals surface area contributed by atoms with Crippen molar-refractivity contribution >= 4 is 51.9 Å². The van der Waals surface area contributed by atoms with Crippen molar-refractivity contribution in [1.82, 2.24) is 4.90 Å². The van der Waals surface area contributed by atoms with E-state index in [1.165, 1.54) is 0 Å². The fraction of sp³-hybridized carbons (Fsp3) is 0.500. The van der Waals surface area contributed by atoms with Crippen LogP contribution in [0.3, 0.4) is 0 Å². The van der Waals surface area contributed by atoms with Crippen molar-refractivity contribution in [3.8, 4) is 0 Å². The van der Waals surface area contributed by atoms with E-state index in [0.29, 0.717) is 18.1 Å². The van der Waals surface area contributed by atoms with Crippen LogP contribution in [0.25, 0.3) is 0 Å². The minimum absolute atomic E-state index is 0.0558. The van der Waals surface area contributed by atoms with E-state index >= 15 is 0 Å². The maximum Gasteiger partial charge on any atom is 0.248 e. The average molecular weight is 432 g/mol. The molecule has 0 radical (unpaired) electrons. The fourth-order valence-electron chi connectivity index (χ4n) is 2.22. The molecular formula is C16H21IN2O2S. The quantitative estimate of drug-likeness (QED) is 0.744. The summed E-state index contributed by atoms with van der Waals surface area (Å²) < 4.78 is 1.12. The van der Waals surface area contributed by atoms with E-state index in [-0.39, 0.29) is 23.3 Å². The van der Waals surface area contributed by atoms with Gasteiger partial charge >= 0.3 is 0 Å². The number of nitrogens with zero attached hydrogens (tertiary/aromatic N) is 1. The number of benzene rings is 1. The van der Waals surface area contributed by atoms with Crippen LogP contribution in [0.2, 0.25) is 0 Å². The van der Waals surface area contributed by atoms with Gasteiger partial charge in [-0.1, -0.05) is 20.8 Å². The Kier molecular flexibility index (Phi) is 5.76. The highest BCUT2D eigenvalue weighted by atomic mass is 127. The molecule has 6 heteroatoms. The molecule has 0 bridgehead atoms. The van der Waals surface area contributed by atoms with Gasteiger partial charge in [0, 0.05) is 21.4 Å². The molecule has 1 fully saturated rings. The molecule has 22 heavy (non-hydrogen) atoms. The van der Waals surface area contributed by atoms with Gasteiger partial charge in [-0.15, -0.1) is 11.8 Å². The van der Waals surface area contributed by atoms with Crippen LogP contribution in [0.5, 0.6) is 0 Å². The monoisotopic (exact) mass is 432 g/mol.